The van der Waals surface area contributed by atoms with Crippen molar-refractivity contribution >= 4 is 45.9 Å². The third kappa shape index (κ3) is 6.42. The van der Waals surface area contributed by atoms with Crippen molar-refractivity contribution in [3.05, 3.63) is 75.2 Å². The molecule has 0 radical (unpaired) electrons. The third-order valence-electron chi connectivity index (χ3n) is 9.40. The second-order valence-corrected chi connectivity index (χ2v) is 12.8. The fraction of sp³-hybridized carbons (Fsp3) is 0.429. The molecule has 2 aromatic heterocycles. The summed E-state index contributed by atoms with van der Waals surface area (Å²) in [7, 11) is 2.16. The summed E-state index contributed by atoms with van der Waals surface area (Å²) in [6.45, 7) is 10.1. The number of aromatic nitrogens is 3. The summed E-state index contributed by atoms with van der Waals surface area (Å²) in [5.41, 5.74) is 5.93. The van der Waals surface area contributed by atoms with Crippen LogP contribution in [0, 0.1) is 13.8 Å². The summed E-state index contributed by atoms with van der Waals surface area (Å²) in [4.78, 5) is 40.9. The number of piperazine rings is 1. The molecule has 1 saturated heterocycles. The van der Waals surface area contributed by atoms with Crippen LogP contribution >= 0.6 is 11.6 Å². The highest BCUT2D eigenvalue weighted by Gasteiger charge is 2.28. The minimum Gasteiger partial charge on any atom is -0.369 e. The molecule has 2 N–H and O–H groups in total. The Morgan fingerprint density at radius 2 is 1.76 bits per heavy atom. The zero-order valence-corrected chi connectivity index (χ0v) is 27.3. The van der Waals surface area contributed by atoms with Gasteiger partial charge in [0.2, 0.25) is 11.9 Å². The van der Waals surface area contributed by atoms with Gasteiger partial charge in [-0.05, 0) is 82.0 Å². The Balaban J connectivity index is 1.37. The zero-order chi connectivity index (χ0) is 31.7. The molecule has 4 aromatic rings. The molecule has 236 valence electrons. The molecule has 1 aliphatic heterocycles. The monoisotopic (exact) mass is 627 g/mol. The maximum absolute atomic E-state index is 14.4. The van der Waals surface area contributed by atoms with Crippen LogP contribution in [0.4, 0.5) is 17.3 Å². The first-order chi connectivity index (χ1) is 21.7. The lowest BCUT2D eigenvalue weighted by Crippen LogP contribution is -2.44. The molecule has 1 saturated carbocycles. The minimum absolute atomic E-state index is 0.0627. The van der Waals surface area contributed by atoms with Crippen LogP contribution in [0.3, 0.4) is 0 Å². The quantitative estimate of drug-likeness (QED) is 0.251. The summed E-state index contributed by atoms with van der Waals surface area (Å²) < 4.78 is 1.85. The van der Waals surface area contributed by atoms with Crippen molar-refractivity contribution in [1.29, 1.82) is 0 Å². The first-order valence-electron chi connectivity index (χ1n) is 16.0. The van der Waals surface area contributed by atoms with E-state index in [-0.39, 0.29) is 23.6 Å². The number of halogens is 1. The Labute approximate surface area is 269 Å². The van der Waals surface area contributed by atoms with Crippen LogP contribution in [-0.4, -0.2) is 64.6 Å². The van der Waals surface area contributed by atoms with E-state index in [9.17, 15) is 9.59 Å². The number of hydrogen-bond donors (Lipinski definition) is 2. The van der Waals surface area contributed by atoms with E-state index in [1.54, 1.807) is 0 Å². The summed E-state index contributed by atoms with van der Waals surface area (Å²) in [5.74, 6) is 0.504. The number of amides is 1. The molecule has 0 bridgehead atoms. The predicted molar refractivity (Wildman–Crippen MR) is 183 cm³/mol. The molecule has 0 spiro atoms. The number of rotatable bonds is 7. The van der Waals surface area contributed by atoms with Crippen molar-refractivity contribution in [2.45, 2.75) is 65.0 Å². The number of anilines is 3. The van der Waals surface area contributed by atoms with Crippen molar-refractivity contribution in [1.82, 2.24) is 24.8 Å². The first-order valence-corrected chi connectivity index (χ1v) is 16.4. The van der Waals surface area contributed by atoms with Crippen LogP contribution in [0.15, 0.2) is 53.5 Å². The van der Waals surface area contributed by atoms with Gasteiger partial charge in [-0.25, -0.2) is 4.98 Å². The van der Waals surface area contributed by atoms with Crippen molar-refractivity contribution in [3.8, 4) is 11.1 Å². The van der Waals surface area contributed by atoms with Crippen molar-refractivity contribution in [3.63, 3.8) is 0 Å². The maximum Gasteiger partial charge on any atom is 0.260 e. The molecule has 9 nitrogen and oxygen atoms in total. The fourth-order valence-corrected chi connectivity index (χ4v) is 7.02. The van der Waals surface area contributed by atoms with E-state index < -0.39 is 0 Å². The van der Waals surface area contributed by atoms with E-state index >= 15 is 0 Å². The Morgan fingerprint density at radius 1 is 1.02 bits per heavy atom. The molecule has 6 rings (SSSR count). The van der Waals surface area contributed by atoms with Crippen LogP contribution in [0.5, 0.6) is 0 Å². The molecule has 2 fully saturated rings. The Morgan fingerprint density at radius 3 is 2.44 bits per heavy atom. The van der Waals surface area contributed by atoms with E-state index in [2.05, 4.69) is 52.6 Å². The van der Waals surface area contributed by atoms with Gasteiger partial charge in [0.15, 0.2) is 0 Å². The first kappa shape index (κ1) is 31.0. The topological polar surface area (TPSA) is 95.4 Å². The average Bonchev–Trinajstić information content (AvgIpc) is 3.03. The van der Waals surface area contributed by atoms with Crippen LogP contribution in [0.2, 0.25) is 5.02 Å². The normalized spacial score (nSPS) is 19.1. The SMILES string of the molecule is CCC(=O)N[C@H]1CC[C@H](n2c(=O)c(-c3ccccc3Cl)c(C)c3cnc(Nc4ccc(N5CCN(C)CC5)c(C)c4)nc32)CC1. The summed E-state index contributed by atoms with van der Waals surface area (Å²) >= 11 is 6.63. The van der Waals surface area contributed by atoms with E-state index in [1.807, 2.05) is 48.9 Å². The summed E-state index contributed by atoms with van der Waals surface area (Å²) in [5, 5.41) is 7.88. The number of pyridine rings is 1. The van der Waals surface area contributed by atoms with E-state index in [1.165, 1.54) is 11.3 Å². The largest absolute Gasteiger partial charge is 0.369 e. The van der Waals surface area contributed by atoms with E-state index in [4.69, 9.17) is 21.6 Å². The predicted octanol–water partition coefficient (Wildman–Crippen LogP) is 6.23. The van der Waals surface area contributed by atoms with Gasteiger partial charge in [-0.15, -0.1) is 0 Å². The number of aryl methyl sites for hydroxylation is 2. The van der Waals surface area contributed by atoms with Crippen LogP contribution < -0.4 is 21.1 Å². The van der Waals surface area contributed by atoms with Gasteiger partial charge in [0.25, 0.3) is 5.56 Å². The van der Waals surface area contributed by atoms with Gasteiger partial charge in [0.05, 0.1) is 5.56 Å². The highest BCUT2D eigenvalue weighted by Crippen LogP contribution is 2.35. The minimum atomic E-state index is -0.105. The highest BCUT2D eigenvalue weighted by atomic mass is 35.5. The standard InChI is InChI=1S/C35H42ClN7O2/c1-5-31(44)38-24-10-13-26(14-11-24)43-33-28(23(3)32(34(43)45)27-8-6-7-9-29(27)36)21-37-35(40-33)39-25-12-15-30(22(2)20-25)42-18-16-41(4)17-19-42/h6-9,12,15,20-21,24,26H,5,10-11,13-14,16-19H2,1-4H3,(H,38,44)(H,37,39,40)/t24-,26-. The third-order valence-corrected chi connectivity index (χ3v) is 9.73. The second kappa shape index (κ2) is 13.2. The van der Waals surface area contributed by atoms with Crippen molar-refractivity contribution < 1.29 is 4.79 Å². The molecule has 0 unspecified atom stereocenters. The molecule has 2 aliphatic rings. The lowest BCUT2D eigenvalue weighted by Gasteiger charge is -2.35. The number of likely N-dealkylation sites (N-methyl/N-ethyl adjacent to an activating group) is 1. The molecule has 1 aliphatic carbocycles. The molecule has 1 amide bonds. The van der Waals surface area contributed by atoms with Crippen LogP contribution in [-0.2, 0) is 4.79 Å². The number of carbonyl (C=O) groups is 1. The zero-order valence-electron chi connectivity index (χ0n) is 26.6. The number of hydrogen-bond acceptors (Lipinski definition) is 7. The second-order valence-electron chi connectivity index (χ2n) is 12.4. The van der Waals surface area contributed by atoms with Gasteiger partial charge in [-0.2, -0.15) is 4.98 Å². The molecule has 3 heterocycles. The Bertz CT molecular complexity index is 1770. The van der Waals surface area contributed by atoms with Gasteiger partial charge in [-0.1, -0.05) is 36.7 Å². The molecule has 45 heavy (non-hydrogen) atoms. The Hall–Kier alpha value is -3.95. The van der Waals surface area contributed by atoms with Crippen molar-refractivity contribution in [2.24, 2.45) is 0 Å². The molecule has 0 atom stereocenters. The smallest absolute Gasteiger partial charge is 0.260 e. The molecule has 2 aromatic carbocycles. The van der Waals surface area contributed by atoms with Gasteiger partial charge >= 0.3 is 0 Å². The molecular formula is C35H42ClN7O2. The van der Waals surface area contributed by atoms with Gasteiger partial charge in [-0.3, -0.25) is 14.2 Å². The van der Waals surface area contributed by atoms with Crippen LogP contribution in [0.25, 0.3) is 22.2 Å². The highest BCUT2D eigenvalue weighted by molar-refractivity contribution is 6.33. The lowest BCUT2D eigenvalue weighted by molar-refractivity contribution is -0.121. The van der Waals surface area contributed by atoms with Crippen molar-refractivity contribution in [2.75, 3.05) is 43.4 Å². The number of nitrogens with one attached hydrogen (secondary N) is 2. The molecular weight excluding hydrogens is 586 g/mol. The van der Waals surface area contributed by atoms with Gasteiger partial charge in [0, 0.05) is 78.2 Å². The fourth-order valence-electron chi connectivity index (χ4n) is 6.79. The molecule has 10 heteroatoms. The average molecular weight is 628 g/mol. The van der Waals surface area contributed by atoms with E-state index in [0.717, 1.165) is 68.5 Å². The number of benzene rings is 2. The number of carbonyl (C=O) groups excluding carboxylic acids is 1. The number of nitrogens with zero attached hydrogens (tertiary/aromatic N) is 5. The van der Waals surface area contributed by atoms with Gasteiger partial charge in [0.1, 0.15) is 5.65 Å². The maximum atomic E-state index is 14.4. The lowest BCUT2D eigenvalue weighted by atomic mass is 9.90. The summed E-state index contributed by atoms with van der Waals surface area (Å²) in [6.07, 6.45) is 5.40. The number of fused-ring (bicyclic) bond motifs is 1. The Kier molecular flexibility index (Phi) is 9.10. The van der Waals surface area contributed by atoms with Crippen LogP contribution in [0.1, 0.15) is 56.2 Å². The van der Waals surface area contributed by atoms with E-state index in [0.29, 0.717) is 34.2 Å². The van der Waals surface area contributed by atoms with Gasteiger partial charge < -0.3 is 20.4 Å². The summed E-state index contributed by atoms with van der Waals surface area (Å²) in [6, 6.07) is 13.9.